The van der Waals surface area contributed by atoms with Crippen molar-refractivity contribution in [2.24, 2.45) is 5.84 Å². The van der Waals surface area contributed by atoms with Crippen LogP contribution in [0.4, 0.5) is 0 Å². The predicted octanol–water partition coefficient (Wildman–Crippen LogP) is 0.756. The molecule has 0 radical (unpaired) electrons. The van der Waals surface area contributed by atoms with Crippen molar-refractivity contribution in [2.45, 2.75) is 20.3 Å². The molecule has 84 valence electrons. The lowest BCUT2D eigenvalue weighted by molar-refractivity contribution is -0.120. The zero-order chi connectivity index (χ0) is 12.3. The average molecular weight is 239 g/mol. The van der Waals surface area contributed by atoms with Crippen LogP contribution in [0, 0.1) is 25.2 Å². The number of halogens is 1. The molecule has 1 rings (SSSR count). The zero-order valence-corrected chi connectivity index (χ0v) is 9.72. The van der Waals surface area contributed by atoms with Crippen LogP contribution in [0.15, 0.2) is 0 Å². The van der Waals surface area contributed by atoms with E-state index < -0.39 is 0 Å². The van der Waals surface area contributed by atoms with Crippen molar-refractivity contribution in [1.29, 1.82) is 5.26 Å². The quantitative estimate of drug-likeness (QED) is 0.344. The second kappa shape index (κ2) is 4.92. The molecule has 0 spiro atoms. The molecule has 0 saturated carbocycles. The summed E-state index contributed by atoms with van der Waals surface area (Å²) in [5.41, 5.74) is 4.32. The maximum Gasteiger partial charge on any atom is 0.238 e. The highest BCUT2D eigenvalue weighted by Crippen LogP contribution is 2.22. The van der Waals surface area contributed by atoms with Crippen LogP contribution in [0.1, 0.15) is 22.4 Å². The van der Waals surface area contributed by atoms with E-state index in [1.54, 1.807) is 13.8 Å². The molecule has 1 amide bonds. The first-order valence-corrected chi connectivity index (χ1v) is 4.94. The van der Waals surface area contributed by atoms with Crippen molar-refractivity contribution in [3.63, 3.8) is 0 Å². The third kappa shape index (κ3) is 2.30. The molecule has 0 aromatic carbocycles. The number of carbonyl (C=O) groups is 1. The number of nitriles is 1. The maximum absolute atomic E-state index is 11.2. The predicted molar refractivity (Wildman–Crippen MR) is 59.5 cm³/mol. The van der Waals surface area contributed by atoms with Gasteiger partial charge in [-0.1, -0.05) is 11.6 Å². The van der Waals surface area contributed by atoms with E-state index in [1.807, 2.05) is 11.5 Å². The fourth-order valence-corrected chi connectivity index (χ4v) is 1.76. The Morgan fingerprint density at radius 3 is 2.75 bits per heavy atom. The van der Waals surface area contributed by atoms with Crippen LogP contribution < -0.4 is 11.3 Å². The lowest BCUT2D eigenvalue weighted by atomic mass is 10.0. The minimum atomic E-state index is -0.334. The average Bonchev–Trinajstić information content (AvgIpc) is 2.24. The Kier molecular flexibility index (Phi) is 3.82. The molecule has 0 fully saturated rings. The Hall–Kier alpha value is -1.64. The normalized spacial score (nSPS) is 9.69. The van der Waals surface area contributed by atoms with Crippen molar-refractivity contribution in [1.82, 2.24) is 10.4 Å². The molecule has 0 aliphatic rings. The summed E-state index contributed by atoms with van der Waals surface area (Å²) in [5, 5.41) is 9.07. The van der Waals surface area contributed by atoms with Gasteiger partial charge in [-0.25, -0.2) is 10.8 Å². The highest BCUT2D eigenvalue weighted by atomic mass is 35.5. The standard InChI is InChI=1S/C10H11ClN4O/c1-5-7(3-9(16)15-13)6(2)14-10(11)8(5)4-12/h3,13H2,1-2H3,(H,15,16). The van der Waals surface area contributed by atoms with E-state index in [-0.39, 0.29) is 17.5 Å². The van der Waals surface area contributed by atoms with Gasteiger partial charge in [0.25, 0.3) is 0 Å². The van der Waals surface area contributed by atoms with Gasteiger partial charge in [0, 0.05) is 5.69 Å². The van der Waals surface area contributed by atoms with Gasteiger partial charge in [-0.15, -0.1) is 0 Å². The molecule has 5 nitrogen and oxygen atoms in total. The number of hydrazine groups is 1. The Morgan fingerprint density at radius 2 is 2.25 bits per heavy atom. The SMILES string of the molecule is Cc1nc(Cl)c(C#N)c(C)c1CC(=O)NN. The number of amides is 1. The Morgan fingerprint density at radius 1 is 1.62 bits per heavy atom. The number of nitrogens with one attached hydrogen (secondary N) is 1. The fraction of sp³-hybridized carbons (Fsp3) is 0.300. The van der Waals surface area contributed by atoms with Gasteiger partial charge in [-0.2, -0.15) is 5.26 Å². The van der Waals surface area contributed by atoms with Gasteiger partial charge in [0.05, 0.1) is 12.0 Å². The first-order chi connectivity index (χ1) is 7.51. The van der Waals surface area contributed by atoms with Crippen molar-refractivity contribution in [3.05, 3.63) is 27.5 Å². The number of rotatable bonds is 2. The number of pyridine rings is 1. The molecule has 0 bridgehead atoms. The Balaban J connectivity index is 3.30. The zero-order valence-electron chi connectivity index (χ0n) is 8.97. The van der Waals surface area contributed by atoms with E-state index in [1.165, 1.54) is 0 Å². The van der Waals surface area contributed by atoms with E-state index >= 15 is 0 Å². The van der Waals surface area contributed by atoms with E-state index in [4.69, 9.17) is 22.7 Å². The van der Waals surface area contributed by atoms with E-state index in [2.05, 4.69) is 4.98 Å². The van der Waals surface area contributed by atoms with E-state index in [0.717, 1.165) is 0 Å². The molecule has 0 aliphatic heterocycles. The van der Waals surface area contributed by atoms with Gasteiger partial charge in [0.1, 0.15) is 11.2 Å². The second-order valence-corrected chi connectivity index (χ2v) is 3.68. The van der Waals surface area contributed by atoms with E-state index in [9.17, 15) is 4.79 Å². The summed E-state index contributed by atoms with van der Waals surface area (Å²) in [5.74, 6) is 4.68. The largest absolute Gasteiger partial charge is 0.294 e. The minimum absolute atomic E-state index is 0.0903. The van der Waals surface area contributed by atoms with Crippen molar-refractivity contribution in [2.75, 3.05) is 0 Å². The van der Waals surface area contributed by atoms with Crippen LogP contribution in [0.2, 0.25) is 5.15 Å². The van der Waals surface area contributed by atoms with Crippen LogP contribution in [-0.2, 0) is 11.2 Å². The van der Waals surface area contributed by atoms with Gasteiger partial charge in [0.2, 0.25) is 5.91 Å². The number of nitrogens with zero attached hydrogens (tertiary/aromatic N) is 2. The van der Waals surface area contributed by atoms with Crippen LogP contribution in [0.5, 0.6) is 0 Å². The summed E-state index contributed by atoms with van der Waals surface area (Å²) in [6.45, 7) is 3.47. The number of aromatic nitrogens is 1. The molecular formula is C10H11ClN4O. The Bertz CT molecular complexity index is 479. The molecule has 6 heteroatoms. The van der Waals surface area contributed by atoms with Gasteiger partial charge in [-0.3, -0.25) is 10.2 Å². The second-order valence-electron chi connectivity index (χ2n) is 3.32. The summed E-state index contributed by atoms with van der Waals surface area (Å²) in [7, 11) is 0. The lowest BCUT2D eigenvalue weighted by Crippen LogP contribution is -2.32. The lowest BCUT2D eigenvalue weighted by Gasteiger charge is -2.10. The maximum atomic E-state index is 11.2. The summed E-state index contributed by atoms with van der Waals surface area (Å²) in [6.07, 6.45) is 0.0903. The third-order valence-electron chi connectivity index (χ3n) is 2.35. The minimum Gasteiger partial charge on any atom is -0.294 e. The number of nitrogens with two attached hydrogens (primary N) is 1. The summed E-state index contributed by atoms with van der Waals surface area (Å²) in [4.78, 5) is 15.2. The number of carbonyl (C=O) groups excluding carboxylic acids is 1. The van der Waals surface area contributed by atoms with E-state index in [0.29, 0.717) is 22.4 Å². The van der Waals surface area contributed by atoms with Crippen molar-refractivity contribution in [3.8, 4) is 6.07 Å². The molecule has 16 heavy (non-hydrogen) atoms. The molecule has 0 saturated heterocycles. The number of aryl methyl sites for hydroxylation is 1. The van der Waals surface area contributed by atoms with Crippen LogP contribution in [0.25, 0.3) is 0 Å². The first-order valence-electron chi connectivity index (χ1n) is 4.56. The number of hydrogen-bond donors (Lipinski definition) is 2. The van der Waals surface area contributed by atoms with Crippen LogP contribution in [0.3, 0.4) is 0 Å². The van der Waals surface area contributed by atoms with Gasteiger partial charge in [0.15, 0.2) is 0 Å². The van der Waals surface area contributed by atoms with Crippen LogP contribution in [-0.4, -0.2) is 10.9 Å². The summed E-state index contributed by atoms with van der Waals surface area (Å²) < 4.78 is 0. The topological polar surface area (TPSA) is 91.8 Å². The molecule has 1 aromatic rings. The highest BCUT2D eigenvalue weighted by molar-refractivity contribution is 6.30. The fourth-order valence-electron chi connectivity index (χ4n) is 1.45. The van der Waals surface area contributed by atoms with Gasteiger partial charge < -0.3 is 0 Å². The smallest absolute Gasteiger partial charge is 0.238 e. The molecule has 1 heterocycles. The molecule has 1 aromatic heterocycles. The van der Waals surface area contributed by atoms with Crippen molar-refractivity contribution < 1.29 is 4.79 Å². The van der Waals surface area contributed by atoms with Gasteiger partial charge in [-0.05, 0) is 25.0 Å². The molecule has 0 aliphatic carbocycles. The Labute approximate surface area is 98.2 Å². The van der Waals surface area contributed by atoms with Gasteiger partial charge >= 0.3 is 0 Å². The molecule has 3 N–H and O–H groups in total. The monoisotopic (exact) mass is 238 g/mol. The molecular weight excluding hydrogens is 228 g/mol. The number of hydrogen-bond acceptors (Lipinski definition) is 4. The summed E-state index contributed by atoms with van der Waals surface area (Å²) in [6, 6.07) is 1.97. The highest BCUT2D eigenvalue weighted by Gasteiger charge is 2.15. The summed E-state index contributed by atoms with van der Waals surface area (Å²) >= 11 is 5.82. The van der Waals surface area contributed by atoms with Crippen LogP contribution >= 0.6 is 11.6 Å². The molecule has 0 unspecified atom stereocenters. The third-order valence-corrected chi connectivity index (χ3v) is 2.62. The molecule has 0 atom stereocenters. The first kappa shape index (κ1) is 12.4. The van der Waals surface area contributed by atoms with Crippen molar-refractivity contribution >= 4 is 17.5 Å².